The monoisotopic (exact) mass is 331 g/mol. The van der Waals surface area contributed by atoms with Crippen molar-refractivity contribution in [3.63, 3.8) is 0 Å². The van der Waals surface area contributed by atoms with Gasteiger partial charge in [0.15, 0.2) is 5.03 Å². The van der Waals surface area contributed by atoms with Crippen molar-refractivity contribution in [3.05, 3.63) is 44.6 Å². The maximum atomic E-state index is 10.9. The van der Waals surface area contributed by atoms with Gasteiger partial charge in [-0.05, 0) is 18.2 Å². The molecule has 10 heteroatoms. The lowest BCUT2D eigenvalue weighted by atomic mass is 10.4. The summed E-state index contributed by atoms with van der Waals surface area (Å²) in [5.41, 5.74) is 2.01. The number of aromatic nitrogens is 2. The highest BCUT2D eigenvalue weighted by Crippen LogP contribution is 2.35. The fraction of sp³-hybridized carbons (Fsp3) is 0. The zero-order chi connectivity index (χ0) is 14.7. The van der Waals surface area contributed by atoms with Crippen LogP contribution in [0.25, 0.3) is 0 Å². The summed E-state index contributed by atoms with van der Waals surface area (Å²) >= 11 is 12.8. The summed E-state index contributed by atoms with van der Waals surface area (Å²) in [6.07, 6.45) is 1.09. The van der Waals surface area contributed by atoms with Gasteiger partial charge in [0, 0.05) is 4.90 Å². The molecule has 1 aromatic heterocycles. The molecule has 0 bridgehead atoms. The second kappa shape index (κ2) is 6.23. The van der Waals surface area contributed by atoms with Crippen molar-refractivity contribution < 1.29 is 4.92 Å². The van der Waals surface area contributed by atoms with Gasteiger partial charge in [0.05, 0.1) is 15.0 Å². The number of hydrogen-bond donors (Lipinski definition) is 2. The van der Waals surface area contributed by atoms with Crippen LogP contribution in [-0.2, 0) is 0 Å². The molecule has 0 aliphatic rings. The van der Waals surface area contributed by atoms with Crippen molar-refractivity contribution in [1.29, 1.82) is 0 Å². The molecule has 20 heavy (non-hydrogen) atoms. The highest BCUT2D eigenvalue weighted by atomic mass is 35.5. The summed E-state index contributed by atoms with van der Waals surface area (Å²) in [6, 6.07) is 4.87. The summed E-state index contributed by atoms with van der Waals surface area (Å²) < 4.78 is 0. The van der Waals surface area contributed by atoms with Crippen LogP contribution in [-0.4, -0.2) is 14.9 Å². The molecule has 2 aromatic rings. The number of rotatable bonds is 4. The van der Waals surface area contributed by atoms with Gasteiger partial charge in [-0.1, -0.05) is 35.0 Å². The van der Waals surface area contributed by atoms with Crippen molar-refractivity contribution in [2.45, 2.75) is 9.92 Å². The standard InChI is InChI=1S/C10H7Cl2N5O2S/c11-6-2-1-5(3-7(6)12)20-9-8(17(18)19)4-14-10(15-9)16-13/h1-4H,13H2,(H,14,15,16). The number of benzene rings is 1. The van der Waals surface area contributed by atoms with Crippen LogP contribution >= 0.6 is 35.0 Å². The normalized spacial score (nSPS) is 10.3. The van der Waals surface area contributed by atoms with Crippen LogP contribution in [0.5, 0.6) is 0 Å². The molecule has 0 fully saturated rings. The van der Waals surface area contributed by atoms with E-state index in [9.17, 15) is 10.1 Å². The maximum absolute atomic E-state index is 10.9. The topological polar surface area (TPSA) is 107 Å². The minimum absolute atomic E-state index is 0.0816. The molecule has 3 N–H and O–H groups in total. The third-order valence-corrected chi connectivity index (χ3v) is 3.89. The van der Waals surface area contributed by atoms with Gasteiger partial charge >= 0.3 is 5.69 Å². The number of hydrogen-bond acceptors (Lipinski definition) is 7. The van der Waals surface area contributed by atoms with Crippen LogP contribution < -0.4 is 11.3 Å². The van der Waals surface area contributed by atoms with E-state index in [0.717, 1.165) is 18.0 Å². The van der Waals surface area contributed by atoms with E-state index in [1.54, 1.807) is 18.2 Å². The minimum atomic E-state index is -0.569. The van der Waals surface area contributed by atoms with E-state index in [4.69, 9.17) is 29.0 Å². The lowest BCUT2D eigenvalue weighted by molar-refractivity contribution is -0.388. The number of nitrogen functional groups attached to an aromatic ring is 1. The van der Waals surface area contributed by atoms with Gasteiger partial charge in [-0.25, -0.2) is 10.8 Å². The van der Waals surface area contributed by atoms with Crippen molar-refractivity contribution in [3.8, 4) is 0 Å². The van der Waals surface area contributed by atoms with Gasteiger partial charge in [0.2, 0.25) is 5.95 Å². The molecule has 0 amide bonds. The van der Waals surface area contributed by atoms with Crippen molar-refractivity contribution in [1.82, 2.24) is 9.97 Å². The van der Waals surface area contributed by atoms with Crippen LogP contribution in [0.1, 0.15) is 0 Å². The van der Waals surface area contributed by atoms with E-state index in [2.05, 4.69) is 15.4 Å². The van der Waals surface area contributed by atoms with Gasteiger partial charge in [0.25, 0.3) is 0 Å². The molecule has 7 nitrogen and oxygen atoms in total. The summed E-state index contributed by atoms with van der Waals surface area (Å²) in [7, 11) is 0. The summed E-state index contributed by atoms with van der Waals surface area (Å²) in [6.45, 7) is 0. The minimum Gasteiger partial charge on any atom is -0.292 e. The molecule has 0 spiro atoms. The van der Waals surface area contributed by atoms with Gasteiger partial charge in [-0.2, -0.15) is 4.98 Å². The van der Waals surface area contributed by atoms with Crippen molar-refractivity contribution in [2.75, 3.05) is 5.43 Å². The molecular formula is C10H7Cl2N5O2S. The first-order valence-corrected chi connectivity index (χ1v) is 6.69. The molecule has 104 valence electrons. The smallest absolute Gasteiger partial charge is 0.292 e. The first kappa shape index (κ1) is 14.8. The third kappa shape index (κ3) is 3.28. The molecular weight excluding hydrogens is 325 g/mol. The highest BCUT2D eigenvalue weighted by molar-refractivity contribution is 7.99. The lowest BCUT2D eigenvalue weighted by Crippen LogP contribution is -2.11. The predicted molar refractivity (Wildman–Crippen MR) is 77.1 cm³/mol. The zero-order valence-corrected chi connectivity index (χ0v) is 12.0. The molecule has 0 saturated heterocycles. The maximum Gasteiger partial charge on any atom is 0.320 e. The van der Waals surface area contributed by atoms with E-state index in [-0.39, 0.29) is 16.7 Å². The van der Waals surface area contributed by atoms with E-state index in [0.29, 0.717) is 14.9 Å². The van der Waals surface area contributed by atoms with Gasteiger partial charge in [-0.3, -0.25) is 15.5 Å². The molecule has 0 atom stereocenters. The first-order chi connectivity index (χ1) is 9.51. The number of nitro groups is 1. The Morgan fingerprint density at radius 3 is 2.70 bits per heavy atom. The average Bonchev–Trinajstić information content (AvgIpc) is 2.42. The average molecular weight is 332 g/mol. The molecule has 0 radical (unpaired) electrons. The molecule has 0 saturated carbocycles. The first-order valence-electron chi connectivity index (χ1n) is 5.12. The lowest BCUT2D eigenvalue weighted by Gasteiger charge is -2.05. The second-order valence-corrected chi connectivity index (χ2v) is 5.34. The molecule has 0 aliphatic heterocycles. The summed E-state index contributed by atoms with van der Waals surface area (Å²) in [5.74, 6) is 5.27. The zero-order valence-electron chi connectivity index (χ0n) is 9.71. The van der Waals surface area contributed by atoms with Crippen molar-refractivity contribution >= 4 is 46.6 Å². The van der Waals surface area contributed by atoms with Crippen molar-refractivity contribution in [2.24, 2.45) is 5.84 Å². The quantitative estimate of drug-likeness (QED) is 0.383. The Balaban J connectivity index is 2.40. The fourth-order valence-electron chi connectivity index (χ4n) is 1.28. The number of anilines is 1. The molecule has 2 rings (SSSR count). The molecule has 0 aliphatic carbocycles. The third-order valence-electron chi connectivity index (χ3n) is 2.17. The summed E-state index contributed by atoms with van der Waals surface area (Å²) in [5, 5.41) is 11.8. The van der Waals surface area contributed by atoms with Gasteiger partial charge in [0.1, 0.15) is 6.20 Å². The highest BCUT2D eigenvalue weighted by Gasteiger charge is 2.18. The van der Waals surface area contributed by atoms with Crippen LogP contribution in [0.2, 0.25) is 10.0 Å². The molecule has 1 aromatic carbocycles. The molecule has 0 unspecified atom stereocenters. The Kier molecular flexibility index (Phi) is 4.61. The van der Waals surface area contributed by atoms with E-state index >= 15 is 0 Å². The van der Waals surface area contributed by atoms with E-state index in [1.165, 1.54) is 0 Å². The second-order valence-electron chi connectivity index (χ2n) is 3.46. The number of nitrogens with one attached hydrogen (secondary N) is 1. The van der Waals surface area contributed by atoms with Crippen LogP contribution in [0.4, 0.5) is 11.6 Å². The van der Waals surface area contributed by atoms with Crippen LogP contribution in [0.15, 0.2) is 34.3 Å². The summed E-state index contributed by atoms with van der Waals surface area (Å²) in [4.78, 5) is 18.7. The Hall–Kier alpha value is -1.61. The van der Waals surface area contributed by atoms with E-state index < -0.39 is 4.92 Å². The van der Waals surface area contributed by atoms with Crippen LogP contribution in [0, 0.1) is 10.1 Å². The van der Waals surface area contributed by atoms with Crippen LogP contribution in [0.3, 0.4) is 0 Å². The Morgan fingerprint density at radius 2 is 2.10 bits per heavy atom. The predicted octanol–water partition coefficient (Wildman–Crippen LogP) is 3.13. The van der Waals surface area contributed by atoms with E-state index in [1.807, 2.05) is 0 Å². The fourth-order valence-corrected chi connectivity index (χ4v) is 2.54. The Bertz CT molecular complexity index is 670. The number of nitrogens with zero attached hydrogens (tertiary/aromatic N) is 3. The Labute approximate surface area is 127 Å². The Morgan fingerprint density at radius 1 is 1.35 bits per heavy atom. The van der Waals surface area contributed by atoms with Gasteiger partial charge in [-0.15, -0.1) is 0 Å². The SMILES string of the molecule is NNc1ncc([N+](=O)[O-])c(Sc2ccc(Cl)c(Cl)c2)n1. The van der Waals surface area contributed by atoms with Gasteiger partial charge < -0.3 is 0 Å². The number of nitrogens with two attached hydrogens (primary N) is 1. The largest absolute Gasteiger partial charge is 0.320 e. The molecule has 1 heterocycles. The number of hydrazine groups is 1. The number of halogens is 2.